The van der Waals surface area contributed by atoms with Crippen molar-refractivity contribution < 1.29 is 9.53 Å². The van der Waals surface area contributed by atoms with E-state index >= 15 is 0 Å². The normalized spacial score (nSPS) is 15.6. The van der Waals surface area contributed by atoms with Crippen molar-refractivity contribution in [2.45, 2.75) is 39.6 Å². The van der Waals surface area contributed by atoms with Gasteiger partial charge in [-0.25, -0.2) is 4.98 Å². The number of benzene rings is 1. The molecule has 1 aliphatic rings. The predicted molar refractivity (Wildman–Crippen MR) is 100 cm³/mol. The number of carbonyl (C=O) groups excluding carboxylic acids is 1. The van der Waals surface area contributed by atoms with Crippen LogP contribution in [0, 0.1) is 0 Å². The Morgan fingerprint density at radius 2 is 1.81 bits per heavy atom. The summed E-state index contributed by atoms with van der Waals surface area (Å²) in [5, 5.41) is 0. The van der Waals surface area contributed by atoms with Crippen LogP contribution in [0.4, 0.5) is 0 Å². The molecule has 2 aromatic rings. The van der Waals surface area contributed by atoms with Crippen molar-refractivity contribution in [2.75, 3.05) is 26.2 Å². The van der Waals surface area contributed by atoms with Crippen LogP contribution in [0.5, 0.6) is 0 Å². The topological polar surface area (TPSA) is 50.6 Å². The third-order valence-electron chi connectivity index (χ3n) is 4.61. The largest absolute Gasteiger partial charge is 0.374 e. The molecular weight excluding hydrogens is 328 g/mol. The van der Waals surface area contributed by atoms with Gasteiger partial charge in [-0.1, -0.05) is 24.3 Å². The monoisotopic (exact) mass is 356 g/mol. The van der Waals surface area contributed by atoms with Crippen molar-refractivity contribution in [2.24, 2.45) is 0 Å². The summed E-state index contributed by atoms with van der Waals surface area (Å²) in [6.45, 7) is 9.45. The Morgan fingerprint density at radius 3 is 2.42 bits per heavy atom. The van der Waals surface area contributed by atoms with Crippen LogP contribution in [0.25, 0.3) is 0 Å². The fourth-order valence-electron chi connectivity index (χ4n) is 3.05. The van der Waals surface area contributed by atoms with Gasteiger partial charge in [-0.3, -0.25) is 9.69 Å². The van der Waals surface area contributed by atoms with E-state index < -0.39 is 0 Å². The number of hydrogen-bond donors (Lipinski definition) is 0. The summed E-state index contributed by atoms with van der Waals surface area (Å²) in [5.41, 5.74) is 2.51. The summed E-state index contributed by atoms with van der Waals surface area (Å²) in [7, 11) is 0. The van der Waals surface area contributed by atoms with Gasteiger partial charge in [-0.05, 0) is 25.0 Å². The van der Waals surface area contributed by atoms with Gasteiger partial charge in [0.05, 0.1) is 19.0 Å². The second-order valence-corrected chi connectivity index (χ2v) is 7.07. The van der Waals surface area contributed by atoms with Gasteiger partial charge in [0.25, 0.3) is 0 Å². The lowest BCUT2D eigenvalue weighted by atomic mass is 10.1. The lowest BCUT2D eigenvalue weighted by Gasteiger charge is -2.34. The molecule has 6 heteroatoms. The maximum absolute atomic E-state index is 12.3. The molecule has 0 atom stereocenters. The molecule has 140 valence electrons. The number of nitrogens with zero attached hydrogens (tertiary/aromatic N) is 4. The summed E-state index contributed by atoms with van der Waals surface area (Å²) in [6, 6.07) is 8.64. The summed E-state index contributed by atoms with van der Waals surface area (Å²) >= 11 is 0. The van der Waals surface area contributed by atoms with Gasteiger partial charge in [0.2, 0.25) is 5.91 Å². The zero-order chi connectivity index (χ0) is 18.4. The number of piperazine rings is 1. The predicted octanol–water partition coefficient (Wildman–Crippen LogP) is 2.15. The molecule has 1 saturated heterocycles. The number of aromatic nitrogens is 2. The van der Waals surface area contributed by atoms with Crippen LogP contribution in [-0.2, 0) is 29.2 Å². The highest BCUT2D eigenvalue weighted by atomic mass is 16.5. The molecule has 1 amide bonds. The molecule has 2 heterocycles. The smallest absolute Gasteiger partial charge is 0.242 e. The molecule has 0 spiro atoms. The Kier molecular flexibility index (Phi) is 6.41. The molecular formula is C20H28N4O2. The molecule has 0 saturated carbocycles. The quantitative estimate of drug-likeness (QED) is 0.763. The first kappa shape index (κ1) is 18.6. The first-order valence-corrected chi connectivity index (χ1v) is 9.25. The summed E-state index contributed by atoms with van der Waals surface area (Å²) in [5.74, 6) is 0.164. The van der Waals surface area contributed by atoms with Gasteiger partial charge < -0.3 is 14.2 Å². The highest BCUT2D eigenvalue weighted by molar-refractivity contribution is 5.76. The van der Waals surface area contributed by atoms with E-state index in [0.29, 0.717) is 13.2 Å². The lowest BCUT2D eigenvalue weighted by Crippen LogP contribution is -2.49. The number of imidazole rings is 1. The van der Waals surface area contributed by atoms with Crippen molar-refractivity contribution in [1.29, 1.82) is 0 Å². The summed E-state index contributed by atoms with van der Waals surface area (Å²) in [4.78, 5) is 20.7. The van der Waals surface area contributed by atoms with Crippen molar-refractivity contribution >= 4 is 5.91 Å². The molecule has 1 aromatic carbocycles. The van der Waals surface area contributed by atoms with E-state index in [0.717, 1.165) is 32.7 Å². The fraction of sp³-hybridized carbons (Fsp3) is 0.500. The van der Waals surface area contributed by atoms with E-state index in [9.17, 15) is 4.79 Å². The van der Waals surface area contributed by atoms with Crippen molar-refractivity contribution in [3.05, 3.63) is 54.1 Å². The number of hydrogen-bond acceptors (Lipinski definition) is 4. The molecule has 0 radical (unpaired) electrons. The van der Waals surface area contributed by atoms with Crippen molar-refractivity contribution in [3.8, 4) is 0 Å². The van der Waals surface area contributed by atoms with Gasteiger partial charge in [0, 0.05) is 45.1 Å². The number of amides is 1. The molecule has 0 N–H and O–H groups in total. The van der Waals surface area contributed by atoms with Crippen molar-refractivity contribution in [1.82, 2.24) is 19.4 Å². The number of carbonyl (C=O) groups is 1. The van der Waals surface area contributed by atoms with Crippen LogP contribution >= 0.6 is 0 Å². The molecule has 0 unspecified atom stereocenters. The zero-order valence-corrected chi connectivity index (χ0v) is 15.7. The van der Waals surface area contributed by atoms with Gasteiger partial charge in [-0.15, -0.1) is 0 Å². The van der Waals surface area contributed by atoms with Crippen LogP contribution in [0.15, 0.2) is 43.0 Å². The number of ether oxygens (including phenoxy) is 1. The van der Waals surface area contributed by atoms with E-state index in [4.69, 9.17) is 4.74 Å². The maximum atomic E-state index is 12.3. The SMILES string of the molecule is CC(C)OCc1ccc(CN2CCN(C(=O)Cn3ccnc3)CC2)cc1. The number of rotatable bonds is 7. The van der Waals surface area contributed by atoms with Gasteiger partial charge >= 0.3 is 0 Å². The molecule has 0 bridgehead atoms. The van der Waals surface area contributed by atoms with E-state index in [-0.39, 0.29) is 12.0 Å². The minimum atomic E-state index is 0.164. The fourth-order valence-corrected chi connectivity index (χ4v) is 3.05. The summed E-state index contributed by atoms with van der Waals surface area (Å²) in [6.07, 6.45) is 5.46. The third-order valence-corrected chi connectivity index (χ3v) is 4.61. The minimum absolute atomic E-state index is 0.164. The van der Waals surface area contributed by atoms with E-state index in [1.165, 1.54) is 11.1 Å². The van der Waals surface area contributed by atoms with Crippen molar-refractivity contribution in [3.63, 3.8) is 0 Å². The Labute approximate surface area is 155 Å². The third kappa shape index (κ3) is 5.41. The van der Waals surface area contributed by atoms with Crippen LogP contribution in [0.1, 0.15) is 25.0 Å². The molecule has 6 nitrogen and oxygen atoms in total. The van der Waals surface area contributed by atoms with Gasteiger partial charge in [0.15, 0.2) is 0 Å². The average molecular weight is 356 g/mol. The van der Waals surface area contributed by atoms with Gasteiger partial charge in [-0.2, -0.15) is 0 Å². The first-order valence-electron chi connectivity index (χ1n) is 9.25. The molecule has 1 aliphatic heterocycles. The highest BCUT2D eigenvalue weighted by Gasteiger charge is 2.21. The second-order valence-electron chi connectivity index (χ2n) is 7.07. The Morgan fingerprint density at radius 1 is 1.12 bits per heavy atom. The Balaban J connectivity index is 1.43. The maximum Gasteiger partial charge on any atom is 0.242 e. The molecule has 26 heavy (non-hydrogen) atoms. The average Bonchev–Trinajstić information content (AvgIpc) is 3.14. The molecule has 0 aliphatic carbocycles. The first-order chi connectivity index (χ1) is 12.6. The van der Waals surface area contributed by atoms with Crippen LogP contribution in [-0.4, -0.2) is 57.5 Å². The Hall–Kier alpha value is -2.18. The second kappa shape index (κ2) is 8.96. The molecule has 1 aromatic heterocycles. The lowest BCUT2D eigenvalue weighted by molar-refractivity contribution is -0.133. The molecule has 3 rings (SSSR count). The highest BCUT2D eigenvalue weighted by Crippen LogP contribution is 2.12. The van der Waals surface area contributed by atoms with E-state index in [1.807, 2.05) is 29.5 Å². The molecule has 1 fully saturated rings. The minimum Gasteiger partial charge on any atom is -0.374 e. The van der Waals surface area contributed by atoms with Gasteiger partial charge in [0.1, 0.15) is 6.54 Å². The van der Waals surface area contributed by atoms with E-state index in [1.54, 1.807) is 12.5 Å². The zero-order valence-electron chi connectivity index (χ0n) is 15.7. The van der Waals surface area contributed by atoms with Crippen LogP contribution < -0.4 is 0 Å². The summed E-state index contributed by atoms with van der Waals surface area (Å²) < 4.78 is 7.45. The standard InChI is InChI=1S/C20H28N4O2/c1-17(2)26-15-19-5-3-18(4-6-19)13-22-9-11-24(12-10-22)20(25)14-23-8-7-21-16-23/h3-8,16-17H,9-15H2,1-2H3. The van der Waals surface area contributed by atoms with Crippen LogP contribution in [0.2, 0.25) is 0 Å². The van der Waals surface area contributed by atoms with E-state index in [2.05, 4.69) is 34.1 Å². The van der Waals surface area contributed by atoms with Crippen LogP contribution in [0.3, 0.4) is 0 Å². The Bertz CT molecular complexity index is 674.